The quantitative estimate of drug-likeness (QED) is 0.844. The minimum Gasteiger partial charge on any atom is -0.497 e. The van der Waals surface area contributed by atoms with E-state index in [1.165, 1.54) is 6.42 Å². The van der Waals surface area contributed by atoms with Crippen LogP contribution in [0.25, 0.3) is 11.1 Å². The number of hydrogen-bond acceptors (Lipinski definition) is 4. The van der Waals surface area contributed by atoms with Gasteiger partial charge in [-0.3, -0.25) is 4.79 Å². The molecule has 1 atom stereocenters. The van der Waals surface area contributed by atoms with Crippen LogP contribution in [0, 0.1) is 12.8 Å². The van der Waals surface area contributed by atoms with Gasteiger partial charge in [-0.1, -0.05) is 12.1 Å². The van der Waals surface area contributed by atoms with E-state index in [4.69, 9.17) is 4.74 Å². The number of amides is 1. The fraction of sp³-hybridized carbons (Fsp3) is 0.421. The van der Waals surface area contributed by atoms with E-state index in [2.05, 4.69) is 17.6 Å². The van der Waals surface area contributed by atoms with Crippen molar-refractivity contribution in [2.45, 2.75) is 19.8 Å². The number of ether oxygens (including phenoxy) is 1. The first-order valence-corrected chi connectivity index (χ1v) is 9.23. The van der Waals surface area contributed by atoms with E-state index in [1.807, 2.05) is 30.3 Å². The molecule has 3 rings (SSSR count). The van der Waals surface area contributed by atoms with E-state index in [1.54, 1.807) is 18.4 Å². The van der Waals surface area contributed by atoms with Crippen LogP contribution in [0.5, 0.6) is 5.75 Å². The first kappa shape index (κ1) is 17.0. The van der Waals surface area contributed by atoms with Crippen LogP contribution >= 0.6 is 11.3 Å². The summed E-state index contributed by atoms with van der Waals surface area (Å²) in [6.07, 6.45) is 2.27. The molecule has 1 aliphatic rings. The van der Waals surface area contributed by atoms with Crippen molar-refractivity contribution in [2.24, 2.45) is 5.92 Å². The fourth-order valence-corrected chi connectivity index (χ4v) is 4.05. The molecule has 0 aliphatic carbocycles. The Morgan fingerprint density at radius 2 is 2.17 bits per heavy atom. The lowest BCUT2D eigenvalue weighted by atomic mass is 10.1. The number of carbonyl (C=O) groups excluding carboxylic acids is 1. The number of nitrogens with one attached hydrogen (secondary N) is 2. The Morgan fingerprint density at radius 1 is 1.38 bits per heavy atom. The van der Waals surface area contributed by atoms with Crippen LogP contribution < -0.4 is 15.4 Å². The van der Waals surface area contributed by atoms with Crippen molar-refractivity contribution in [1.29, 1.82) is 0 Å². The summed E-state index contributed by atoms with van der Waals surface area (Å²) in [4.78, 5) is 14.3. The van der Waals surface area contributed by atoms with E-state index in [0.717, 1.165) is 52.7 Å². The predicted molar refractivity (Wildman–Crippen MR) is 99.0 cm³/mol. The fourth-order valence-electron chi connectivity index (χ4n) is 3.09. The maximum absolute atomic E-state index is 12.4. The van der Waals surface area contributed by atoms with Crippen LogP contribution in [0.1, 0.15) is 27.4 Å². The molecular formula is C19H24N2O2S. The summed E-state index contributed by atoms with van der Waals surface area (Å²) in [6, 6.07) is 9.95. The molecule has 0 bridgehead atoms. The summed E-state index contributed by atoms with van der Waals surface area (Å²) >= 11 is 1.55. The Balaban J connectivity index is 1.62. The molecular weight excluding hydrogens is 320 g/mol. The number of thiophene rings is 1. The lowest BCUT2D eigenvalue weighted by Crippen LogP contribution is -2.25. The monoisotopic (exact) mass is 344 g/mol. The maximum Gasteiger partial charge on any atom is 0.261 e. The van der Waals surface area contributed by atoms with Gasteiger partial charge < -0.3 is 15.4 Å². The molecule has 1 aromatic carbocycles. The highest BCUT2D eigenvalue weighted by molar-refractivity contribution is 7.14. The standard InChI is InChI=1S/C19H24N2O2S/c1-13-17(15-3-5-16(23-2)6-4-15)11-18(24-13)19(22)21-10-8-14-7-9-20-12-14/h3-6,11,14,20H,7-10,12H2,1-2H3,(H,21,22). The summed E-state index contributed by atoms with van der Waals surface area (Å²) in [7, 11) is 1.66. The zero-order valence-electron chi connectivity index (χ0n) is 14.2. The van der Waals surface area contributed by atoms with Crippen molar-refractivity contribution in [2.75, 3.05) is 26.7 Å². The molecule has 4 nitrogen and oxygen atoms in total. The van der Waals surface area contributed by atoms with Gasteiger partial charge in [-0.2, -0.15) is 0 Å². The molecule has 1 fully saturated rings. The molecule has 1 aromatic heterocycles. The van der Waals surface area contributed by atoms with Crippen molar-refractivity contribution >= 4 is 17.2 Å². The molecule has 1 unspecified atom stereocenters. The molecule has 2 N–H and O–H groups in total. The topological polar surface area (TPSA) is 50.4 Å². The Kier molecular flexibility index (Phi) is 5.53. The molecule has 1 saturated heterocycles. The average Bonchev–Trinajstić information content (AvgIpc) is 3.24. The van der Waals surface area contributed by atoms with Gasteiger partial charge in [0.1, 0.15) is 5.75 Å². The SMILES string of the molecule is COc1ccc(-c2cc(C(=O)NCCC3CCNC3)sc2C)cc1. The highest BCUT2D eigenvalue weighted by Crippen LogP contribution is 2.32. The van der Waals surface area contributed by atoms with Gasteiger partial charge in [0.25, 0.3) is 5.91 Å². The molecule has 1 amide bonds. The number of benzene rings is 1. The second-order valence-corrected chi connectivity index (χ2v) is 7.47. The Hall–Kier alpha value is -1.85. The molecule has 5 heteroatoms. The highest BCUT2D eigenvalue weighted by Gasteiger charge is 2.16. The van der Waals surface area contributed by atoms with Crippen LogP contribution in [0.2, 0.25) is 0 Å². The lowest BCUT2D eigenvalue weighted by Gasteiger charge is -2.08. The van der Waals surface area contributed by atoms with Gasteiger partial charge in [-0.15, -0.1) is 11.3 Å². The van der Waals surface area contributed by atoms with Gasteiger partial charge in [0.2, 0.25) is 0 Å². The smallest absolute Gasteiger partial charge is 0.261 e. The second kappa shape index (κ2) is 7.81. The second-order valence-electron chi connectivity index (χ2n) is 6.21. The maximum atomic E-state index is 12.4. The third kappa shape index (κ3) is 3.97. The zero-order chi connectivity index (χ0) is 16.9. The molecule has 0 saturated carbocycles. The Bertz CT molecular complexity index is 688. The van der Waals surface area contributed by atoms with Gasteiger partial charge in [-0.05, 0) is 68.1 Å². The first-order valence-electron chi connectivity index (χ1n) is 8.41. The number of aryl methyl sites for hydroxylation is 1. The molecule has 128 valence electrons. The van der Waals surface area contributed by atoms with E-state index in [-0.39, 0.29) is 5.91 Å². The molecule has 0 spiro atoms. The predicted octanol–water partition coefficient (Wildman–Crippen LogP) is 3.46. The van der Waals surface area contributed by atoms with Crippen LogP contribution in [0.15, 0.2) is 30.3 Å². The largest absolute Gasteiger partial charge is 0.497 e. The number of methoxy groups -OCH3 is 1. The van der Waals surface area contributed by atoms with Gasteiger partial charge in [0, 0.05) is 11.4 Å². The van der Waals surface area contributed by atoms with Crippen molar-refractivity contribution in [3.63, 3.8) is 0 Å². The first-order chi connectivity index (χ1) is 11.7. The lowest BCUT2D eigenvalue weighted by molar-refractivity contribution is 0.0955. The van der Waals surface area contributed by atoms with Gasteiger partial charge in [-0.25, -0.2) is 0 Å². The Labute approximate surface area is 147 Å². The van der Waals surface area contributed by atoms with Crippen molar-refractivity contribution in [3.8, 4) is 16.9 Å². The minimum absolute atomic E-state index is 0.0359. The zero-order valence-corrected chi connectivity index (χ0v) is 15.0. The summed E-state index contributed by atoms with van der Waals surface area (Å²) < 4.78 is 5.20. The van der Waals surface area contributed by atoms with Crippen molar-refractivity contribution in [1.82, 2.24) is 10.6 Å². The van der Waals surface area contributed by atoms with Gasteiger partial charge >= 0.3 is 0 Å². The van der Waals surface area contributed by atoms with Crippen molar-refractivity contribution < 1.29 is 9.53 Å². The van der Waals surface area contributed by atoms with Crippen LogP contribution in [-0.2, 0) is 0 Å². The van der Waals surface area contributed by atoms with Crippen LogP contribution in [0.4, 0.5) is 0 Å². The summed E-state index contributed by atoms with van der Waals surface area (Å²) in [5, 5.41) is 6.42. The minimum atomic E-state index is 0.0359. The molecule has 24 heavy (non-hydrogen) atoms. The van der Waals surface area contributed by atoms with Gasteiger partial charge in [0.05, 0.1) is 12.0 Å². The van der Waals surface area contributed by atoms with E-state index >= 15 is 0 Å². The van der Waals surface area contributed by atoms with Gasteiger partial charge in [0.15, 0.2) is 0 Å². The highest BCUT2D eigenvalue weighted by atomic mass is 32.1. The molecule has 2 heterocycles. The molecule has 2 aromatic rings. The number of hydrogen-bond donors (Lipinski definition) is 2. The number of rotatable bonds is 6. The third-order valence-electron chi connectivity index (χ3n) is 4.54. The summed E-state index contributed by atoms with van der Waals surface area (Å²) in [5.74, 6) is 1.57. The normalized spacial score (nSPS) is 17.0. The van der Waals surface area contributed by atoms with E-state index < -0.39 is 0 Å². The Morgan fingerprint density at radius 3 is 2.83 bits per heavy atom. The van der Waals surface area contributed by atoms with Crippen LogP contribution in [0.3, 0.4) is 0 Å². The van der Waals surface area contributed by atoms with Crippen molar-refractivity contribution in [3.05, 3.63) is 40.1 Å². The summed E-state index contributed by atoms with van der Waals surface area (Å²) in [5.41, 5.74) is 2.23. The van der Waals surface area contributed by atoms with E-state index in [9.17, 15) is 4.79 Å². The number of carbonyl (C=O) groups is 1. The van der Waals surface area contributed by atoms with E-state index in [0.29, 0.717) is 5.92 Å². The molecule has 0 radical (unpaired) electrons. The summed E-state index contributed by atoms with van der Waals surface area (Å²) in [6.45, 7) is 4.99. The third-order valence-corrected chi connectivity index (χ3v) is 5.59. The molecule has 1 aliphatic heterocycles. The van der Waals surface area contributed by atoms with Crippen LogP contribution in [-0.4, -0.2) is 32.7 Å². The average molecular weight is 344 g/mol.